The Morgan fingerprint density at radius 2 is 2.16 bits per heavy atom. The smallest absolute Gasteiger partial charge is 0.241 e. The first kappa shape index (κ1) is 22.0. The predicted octanol–water partition coefficient (Wildman–Crippen LogP) is 5.46. The molecular formula is C23H25BrN4O2S. The van der Waals surface area contributed by atoms with Crippen LogP contribution in [0.5, 0.6) is 0 Å². The van der Waals surface area contributed by atoms with Crippen molar-refractivity contribution < 1.29 is 9.32 Å². The molecule has 31 heavy (non-hydrogen) atoms. The van der Waals surface area contributed by atoms with Gasteiger partial charge in [0.25, 0.3) is 0 Å². The molecule has 6 nitrogen and oxygen atoms in total. The number of anilines is 1. The van der Waals surface area contributed by atoms with Crippen molar-refractivity contribution in [1.82, 2.24) is 15.0 Å². The Balaban J connectivity index is 1.37. The van der Waals surface area contributed by atoms with E-state index in [2.05, 4.69) is 49.3 Å². The van der Waals surface area contributed by atoms with E-state index >= 15 is 0 Å². The Morgan fingerprint density at radius 1 is 1.29 bits per heavy atom. The van der Waals surface area contributed by atoms with E-state index in [1.807, 2.05) is 42.5 Å². The van der Waals surface area contributed by atoms with Gasteiger partial charge in [-0.25, -0.2) is 0 Å². The fourth-order valence-electron chi connectivity index (χ4n) is 3.75. The first-order chi connectivity index (χ1) is 15.1. The molecular weight excluding hydrogens is 476 g/mol. The average Bonchev–Trinajstić information content (AvgIpc) is 3.24. The number of carbonyl (C=O) groups excluding carboxylic acids is 1. The fraction of sp³-hybridized carbons (Fsp3) is 0.348. The number of nitrogens with one attached hydrogen (secondary N) is 1. The SMILES string of the molecule is CCSc1ccccc1NC(=O)C1CCCN(Cc2nc(-c3cccc(Br)c3)no2)C1. The van der Waals surface area contributed by atoms with E-state index in [0.29, 0.717) is 24.8 Å². The van der Waals surface area contributed by atoms with Gasteiger partial charge >= 0.3 is 0 Å². The normalized spacial score (nSPS) is 16.9. The predicted molar refractivity (Wildman–Crippen MR) is 127 cm³/mol. The fourth-order valence-corrected chi connectivity index (χ4v) is 4.91. The van der Waals surface area contributed by atoms with Gasteiger partial charge in [-0.3, -0.25) is 9.69 Å². The first-order valence-electron chi connectivity index (χ1n) is 10.5. The molecule has 1 atom stereocenters. The molecule has 162 valence electrons. The molecule has 1 aliphatic rings. The van der Waals surface area contributed by atoms with Crippen molar-refractivity contribution in [3.8, 4) is 11.4 Å². The molecule has 0 saturated carbocycles. The van der Waals surface area contributed by atoms with Crippen molar-refractivity contribution in [2.45, 2.75) is 31.2 Å². The zero-order valence-electron chi connectivity index (χ0n) is 17.4. The lowest BCUT2D eigenvalue weighted by molar-refractivity contribution is -0.121. The van der Waals surface area contributed by atoms with Gasteiger partial charge in [0, 0.05) is 21.5 Å². The molecule has 1 aromatic heterocycles. The van der Waals surface area contributed by atoms with Crippen molar-refractivity contribution in [2.24, 2.45) is 5.92 Å². The van der Waals surface area contributed by atoms with E-state index in [-0.39, 0.29) is 11.8 Å². The van der Waals surface area contributed by atoms with Crippen LogP contribution in [0.3, 0.4) is 0 Å². The Hall–Kier alpha value is -2.16. The summed E-state index contributed by atoms with van der Waals surface area (Å²) in [4.78, 5) is 20.8. The molecule has 0 bridgehead atoms. The summed E-state index contributed by atoms with van der Waals surface area (Å²) in [6, 6.07) is 15.8. The summed E-state index contributed by atoms with van der Waals surface area (Å²) in [6.07, 6.45) is 1.86. The third-order valence-corrected chi connectivity index (χ3v) is 6.68. The summed E-state index contributed by atoms with van der Waals surface area (Å²) in [5.41, 5.74) is 1.80. The van der Waals surface area contributed by atoms with Crippen LogP contribution in [0.25, 0.3) is 11.4 Å². The molecule has 2 heterocycles. The summed E-state index contributed by atoms with van der Waals surface area (Å²) in [6.45, 7) is 4.26. The zero-order chi connectivity index (χ0) is 21.6. The number of benzene rings is 2. The second kappa shape index (κ2) is 10.4. The van der Waals surface area contributed by atoms with Crippen LogP contribution in [0.4, 0.5) is 5.69 Å². The van der Waals surface area contributed by atoms with Crippen LogP contribution in [0.1, 0.15) is 25.7 Å². The van der Waals surface area contributed by atoms with Crippen LogP contribution in [0, 0.1) is 5.92 Å². The molecule has 0 aliphatic carbocycles. The van der Waals surface area contributed by atoms with E-state index in [1.165, 1.54) is 0 Å². The summed E-state index contributed by atoms with van der Waals surface area (Å²) in [5, 5.41) is 7.25. The number of likely N-dealkylation sites (tertiary alicyclic amines) is 1. The second-order valence-corrected chi connectivity index (χ2v) is 9.74. The third kappa shape index (κ3) is 5.75. The van der Waals surface area contributed by atoms with Gasteiger partial charge in [0.2, 0.25) is 17.6 Å². The number of hydrogen-bond donors (Lipinski definition) is 1. The van der Waals surface area contributed by atoms with Gasteiger partial charge in [-0.2, -0.15) is 4.98 Å². The molecule has 0 radical (unpaired) electrons. The Morgan fingerprint density at radius 3 is 3.00 bits per heavy atom. The molecule has 2 aromatic carbocycles. The number of piperidine rings is 1. The number of carbonyl (C=O) groups is 1. The molecule has 8 heteroatoms. The highest BCUT2D eigenvalue weighted by Crippen LogP contribution is 2.28. The molecule has 1 aliphatic heterocycles. The highest BCUT2D eigenvalue weighted by molar-refractivity contribution is 9.10. The van der Waals surface area contributed by atoms with Crippen LogP contribution in [-0.2, 0) is 11.3 Å². The first-order valence-corrected chi connectivity index (χ1v) is 12.2. The molecule has 1 fully saturated rings. The van der Waals surface area contributed by atoms with E-state index < -0.39 is 0 Å². The van der Waals surface area contributed by atoms with Gasteiger partial charge in [-0.15, -0.1) is 11.8 Å². The van der Waals surface area contributed by atoms with Gasteiger partial charge < -0.3 is 9.84 Å². The number of halogens is 1. The Bertz CT molecular complexity index is 1040. The van der Waals surface area contributed by atoms with Gasteiger partial charge in [0.1, 0.15) is 0 Å². The summed E-state index contributed by atoms with van der Waals surface area (Å²) in [7, 11) is 0. The minimum atomic E-state index is -0.0547. The molecule has 4 rings (SSSR count). The van der Waals surface area contributed by atoms with E-state index in [9.17, 15) is 4.79 Å². The number of hydrogen-bond acceptors (Lipinski definition) is 6. The van der Waals surface area contributed by atoms with Crippen LogP contribution >= 0.6 is 27.7 Å². The minimum Gasteiger partial charge on any atom is -0.338 e. The Kier molecular flexibility index (Phi) is 7.42. The highest BCUT2D eigenvalue weighted by Gasteiger charge is 2.27. The van der Waals surface area contributed by atoms with Crippen molar-refractivity contribution in [2.75, 3.05) is 24.2 Å². The van der Waals surface area contributed by atoms with Crippen molar-refractivity contribution in [3.05, 3.63) is 58.9 Å². The number of thioether (sulfide) groups is 1. The largest absolute Gasteiger partial charge is 0.338 e. The van der Waals surface area contributed by atoms with Crippen LogP contribution in [0.2, 0.25) is 0 Å². The Labute approximate surface area is 194 Å². The lowest BCUT2D eigenvalue weighted by atomic mass is 9.97. The summed E-state index contributed by atoms with van der Waals surface area (Å²) < 4.78 is 6.45. The minimum absolute atomic E-state index is 0.0547. The van der Waals surface area contributed by atoms with E-state index in [1.54, 1.807) is 11.8 Å². The van der Waals surface area contributed by atoms with Crippen molar-refractivity contribution in [3.63, 3.8) is 0 Å². The average molecular weight is 501 g/mol. The van der Waals surface area contributed by atoms with E-state index in [0.717, 1.165) is 45.8 Å². The van der Waals surface area contributed by atoms with E-state index in [4.69, 9.17) is 4.52 Å². The lowest BCUT2D eigenvalue weighted by Gasteiger charge is -2.31. The van der Waals surface area contributed by atoms with Crippen LogP contribution in [-0.4, -0.2) is 39.8 Å². The second-order valence-electron chi connectivity index (χ2n) is 7.51. The maximum atomic E-state index is 12.9. The number of para-hydroxylation sites is 1. The topological polar surface area (TPSA) is 71.3 Å². The van der Waals surface area contributed by atoms with Crippen LogP contribution < -0.4 is 5.32 Å². The van der Waals surface area contributed by atoms with Gasteiger partial charge in [0.15, 0.2) is 0 Å². The number of nitrogens with zero attached hydrogens (tertiary/aromatic N) is 3. The molecule has 1 saturated heterocycles. The monoisotopic (exact) mass is 500 g/mol. The molecule has 3 aromatic rings. The number of aromatic nitrogens is 2. The van der Waals surface area contributed by atoms with Gasteiger partial charge in [-0.05, 0) is 49.4 Å². The number of amides is 1. The van der Waals surface area contributed by atoms with Gasteiger partial charge in [-0.1, -0.05) is 52.3 Å². The third-order valence-electron chi connectivity index (χ3n) is 5.23. The highest BCUT2D eigenvalue weighted by atomic mass is 79.9. The van der Waals surface area contributed by atoms with Crippen molar-refractivity contribution >= 4 is 39.3 Å². The standard InChI is InChI=1S/C23H25BrN4O2S/c1-2-31-20-11-4-3-10-19(20)25-23(29)17-8-6-12-28(14-17)15-21-26-22(27-30-21)16-7-5-9-18(24)13-16/h3-5,7,9-11,13,17H,2,6,8,12,14-15H2,1H3,(H,25,29). The van der Waals surface area contributed by atoms with Gasteiger partial charge in [0.05, 0.1) is 18.2 Å². The lowest BCUT2D eigenvalue weighted by Crippen LogP contribution is -2.40. The molecule has 1 amide bonds. The maximum absolute atomic E-state index is 12.9. The molecule has 1 N–H and O–H groups in total. The quantitative estimate of drug-likeness (QED) is 0.434. The van der Waals surface area contributed by atoms with Crippen LogP contribution in [0.15, 0.2) is 62.4 Å². The maximum Gasteiger partial charge on any atom is 0.241 e. The van der Waals surface area contributed by atoms with Crippen molar-refractivity contribution in [1.29, 1.82) is 0 Å². The molecule has 1 unspecified atom stereocenters. The summed E-state index contributed by atoms with van der Waals surface area (Å²) in [5.74, 6) is 2.14. The molecule has 0 spiro atoms. The zero-order valence-corrected chi connectivity index (χ0v) is 19.8. The number of rotatable bonds is 7. The summed E-state index contributed by atoms with van der Waals surface area (Å²) >= 11 is 5.21.